The van der Waals surface area contributed by atoms with Crippen molar-refractivity contribution >= 4 is 23.2 Å². The molecule has 4 nitrogen and oxygen atoms in total. The lowest BCUT2D eigenvalue weighted by atomic mass is 9.89. The van der Waals surface area contributed by atoms with E-state index >= 15 is 0 Å². The van der Waals surface area contributed by atoms with Crippen molar-refractivity contribution < 1.29 is 9.59 Å². The highest BCUT2D eigenvalue weighted by Gasteiger charge is 2.35. The molecule has 1 fully saturated rings. The average Bonchev–Trinajstić information content (AvgIpc) is 3.04. The van der Waals surface area contributed by atoms with Gasteiger partial charge in [0.1, 0.15) is 0 Å². The van der Waals surface area contributed by atoms with Gasteiger partial charge in [0.05, 0.1) is 0 Å². The zero-order valence-corrected chi connectivity index (χ0v) is 12.0. The van der Waals surface area contributed by atoms with Crippen molar-refractivity contribution in [1.82, 2.24) is 10.6 Å². The molecule has 2 N–H and O–H groups in total. The molecule has 1 aromatic heterocycles. The number of carbonyl (C=O) groups is 2. The van der Waals surface area contributed by atoms with E-state index in [1.54, 1.807) is 11.3 Å². The molecule has 2 heterocycles. The van der Waals surface area contributed by atoms with Crippen molar-refractivity contribution in [2.75, 3.05) is 0 Å². The first kappa shape index (κ1) is 14.1. The van der Waals surface area contributed by atoms with Gasteiger partial charge in [-0.05, 0) is 41.7 Å². The summed E-state index contributed by atoms with van der Waals surface area (Å²) in [5.74, 6) is 0.167. The summed E-state index contributed by atoms with van der Waals surface area (Å²) >= 11 is 1.63. The van der Waals surface area contributed by atoms with Crippen LogP contribution in [0.25, 0.3) is 0 Å². The number of nitrogens with one attached hydrogen (secondary N) is 2. The lowest BCUT2D eigenvalue weighted by Crippen LogP contribution is -2.42. The Kier molecular flexibility index (Phi) is 4.58. The van der Waals surface area contributed by atoms with Crippen molar-refractivity contribution in [1.29, 1.82) is 0 Å². The fourth-order valence-corrected chi connectivity index (χ4v) is 3.11. The van der Waals surface area contributed by atoms with Crippen LogP contribution in [-0.4, -0.2) is 17.4 Å². The summed E-state index contributed by atoms with van der Waals surface area (Å²) < 4.78 is 0. The SMILES string of the molecule is CC[C@@]1(CCC(=O)NCc2ccsc2)CCC(=O)N1. The lowest BCUT2D eigenvalue weighted by molar-refractivity contribution is -0.122. The molecule has 1 saturated heterocycles. The van der Waals surface area contributed by atoms with Gasteiger partial charge in [-0.25, -0.2) is 0 Å². The van der Waals surface area contributed by atoms with Crippen molar-refractivity contribution in [2.45, 2.75) is 51.1 Å². The molecule has 19 heavy (non-hydrogen) atoms. The van der Waals surface area contributed by atoms with Crippen LogP contribution in [0.4, 0.5) is 0 Å². The molecule has 0 unspecified atom stereocenters. The van der Waals surface area contributed by atoms with Gasteiger partial charge in [0, 0.05) is 24.9 Å². The molecule has 0 saturated carbocycles. The molecule has 0 radical (unpaired) electrons. The monoisotopic (exact) mass is 280 g/mol. The first-order chi connectivity index (χ1) is 9.13. The van der Waals surface area contributed by atoms with Gasteiger partial charge >= 0.3 is 0 Å². The van der Waals surface area contributed by atoms with E-state index in [0.717, 1.165) is 24.8 Å². The molecule has 5 heteroatoms. The second kappa shape index (κ2) is 6.19. The zero-order valence-electron chi connectivity index (χ0n) is 11.2. The molecular formula is C14H20N2O2S. The molecule has 104 valence electrons. The number of hydrogen-bond acceptors (Lipinski definition) is 3. The zero-order chi connectivity index (χ0) is 13.7. The summed E-state index contributed by atoms with van der Waals surface area (Å²) in [7, 11) is 0. The van der Waals surface area contributed by atoms with Crippen LogP contribution in [0.3, 0.4) is 0 Å². The quantitative estimate of drug-likeness (QED) is 0.839. The van der Waals surface area contributed by atoms with Crippen LogP contribution in [0.15, 0.2) is 16.8 Å². The summed E-state index contributed by atoms with van der Waals surface area (Å²) in [6, 6.07) is 2.01. The van der Waals surface area contributed by atoms with Gasteiger partial charge in [-0.1, -0.05) is 6.92 Å². The van der Waals surface area contributed by atoms with Crippen molar-refractivity contribution in [3.63, 3.8) is 0 Å². The van der Waals surface area contributed by atoms with E-state index in [9.17, 15) is 9.59 Å². The van der Waals surface area contributed by atoms with E-state index in [1.807, 2.05) is 16.8 Å². The molecule has 2 amide bonds. The minimum Gasteiger partial charge on any atom is -0.352 e. The van der Waals surface area contributed by atoms with Crippen molar-refractivity contribution in [3.8, 4) is 0 Å². The number of carbonyl (C=O) groups excluding carboxylic acids is 2. The highest BCUT2D eigenvalue weighted by molar-refractivity contribution is 7.07. The second-order valence-corrected chi connectivity index (χ2v) is 5.87. The van der Waals surface area contributed by atoms with Gasteiger partial charge in [0.25, 0.3) is 0 Å². The third kappa shape index (κ3) is 3.80. The highest BCUT2D eigenvalue weighted by atomic mass is 32.1. The summed E-state index contributed by atoms with van der Waals surface area (Å²) in [6.07, 6.45) is 3.52. The predicted octanol–water partition coefficient (Wildman–Crippen LogP) is 2.20. The molecule has 1 aromatic rings. The predicted molar refractivity (Wildman–Crippen MR) is 75.8 cm³/mol. The maximum Gasteiger partial charge on any atom is 0.220 e. The van der Waals surface area contributed by atoms with Crippen LogP contribution in [0.1, 0.15) is 44.6 Å². The normalized spacial score (nSPS) is 22.3. The van der Waals surface area contributed by atoms with Gasteiger partial charge in [-0.2, -0.15) is 11.3 Å². The number of rotatable bonds is 6. The smallest absolute Gasteiger partial charge is 0.220 e. The summed E-state index contributed by atoms with van der Waals surface area (Å²) in [5.41, 5.74) is 0.981. The maximum atomic E-state index is 11.8. The Labute approximate surface area is 117 Å². The summed E-state index contributed by atoms with van der Waals surface area (Å²) in [4.78, 5) is 23.1. The first-order valence-electron chi connectivity index (χ1n) is 6.72. The maximum absolute atomic E-state index is 11.8. The Hall–Kier alpha value is -1.36. The minimum absolute atomic E-state index is 0.0557. The van der Waals surface area contributed by atoms with Crippen molar-refractivity contribution in [2.24, 2.45) is 0 Å². The fraction of sp³-hybridized carbons (Fsp3) is 0.571. The Morgan fingerprint density at radius 1 is 1.58 bits per heavy atom. The van der Waals surface area contributed by atoms with Gasteiger partial charge in [-0.15, -0.1) is 0 Å². The standard InChI is InChI=1S/C14H20N2O2S/c1-2-14(7-4-13(18)16-14)6-3-12(17)15-9-11-5-8-19-10-11/h5,8,10H,2-4,6-7,9H2,1H3,(H,15,17)(H,16,18)/t14-/m1/s1. The molecule has 0 bridgehead atoms. The molecule has 0 aliphatic carbocycles. The average molecular weight is 280 g/mol. The van der Waals surface area contributed by atoms with E-state index in [0.29, 0.717) is 19.4 Å². The summed E-state index contributed by atoms with van der Waals surface area (Å²) in [5, 5.41) is 9.98. The Morgan fingerprint density at radius 3 is 3.00 bits per heavy atom. The lowest BCUT2D eigenvalue weighted by Gasteiger charge is -2.27. The van der Waals surface area contributed by atoms with E-state index < -0.39 is 0 Å². The van der Waals surface area contributed by atoms with Crippen LogP contribution in [0.5, 0.6) is 0 Å². The first-order valence-corrected chi connectivity index (χ1v) is 7.67. The van der Waals surface area contributed by atoms with Gasteiger partial charge in [0.15, 0.2) is 0 Å². The van der Waals surface area contributed by atoms with E-state index in [4.69, 9.17) is 0 Å². The third-order valence-corrected chi connectivity index (χ3v) is 4.54. The van der Waals surface area contributed by atoms with Crippen LogP contribution in [-0.2, 0) is 16.1 Å². The van der Waals surface area contributed by atoms with E-state index in [1.165, 1.54) is 0 Å². The van der Waals surface area contributed by atoms with Crippen LogP contribution >= 0.6 is 11.3 Å². The Bertz CT molecular complexity index is 444. The van der Waals surface area contributed by atoms with Crippen molar-refractivity contribution in [3.05, 3.63) is 22.4 Å². The Morgan fingerprint density at radius 2 is 2.42 bits per heavy atom. The molecule has 0 aromatic carbocycles. The number of amides is 2. The Balaban J connectivity index is 1.75. The van der Waals surface area contributed by atoms with Crippen LogP contribution < -0.4 is 10.6 Å². The van der Waals surface area contributed by atoms with Gasteiger partial charge in [-0.3, -0.25) is 9.59 Å². The largest absolute Gasteiger partial charge is 0.352 e. The minimum atomic E-state index is -0.156. The van der Waals surface area contributed by atoms with Gasteiger partial charge < -0.3 is 10.6 Å². The molecule has 0 spiro atoms. The molecule has 2 rings (SSSR count). The van der Waals surface area contributed by atoms with E-state index in [-0.39, 0.29) is 17.4 Å². The molecule has 1 atom stereocenters. The van der Waals surface area contributed by atoms with Gasteiger partial charge in [0.2, 0.25) is 11.8 Å². The number of hydrogen-bond donors (Lipinski definition) is 2. The molecule has 1 aliphatic rings. The van der Waals surface area contributed by atoms with Crippen LogP contribution in [0, 0.1) is 0 Å². The molecular weight excluding hydrogens is 260 g/mol. The fourth-order valence-electron chi connectivity index (χ4n) is 2.44. The second-order valence-electron chi connectivity index (χ2n) is 5.09. The number of thiophene rings is 1. The topological polar surface area (TPSA) is 58.2 Å². The summed E-state index contributed by atoms with van der Waals surface area (Å²) in [6.45, 7) is 2.66. The van der Waals surface area contributed by atoms with Crippen LogP contribution in [0.2, 0.25) is 0 Å². The third-order valence-electron chi connectivity index (χ3n) is 3.81. The van der Waals surface area contributed by atoms with E-state index in [2.05, 4.69) is 17.6 Å². The molecule has 1 aliphatic heterocycles. The highest BCUT2D eigenvalue weighted by Crippen LogP contribution is 2.28.